The molecule has 2 amide bonds. The highest BCUT2D eigenvalue weighted by Crippen LogP contribution is 2.01. The molecule has 0 aromatic heterocycles. The smallest absolute Gasteiger partial charge is 0.317 e. The first-order chi connectivity index (χ1) is 5.24. The molecule has 11 heavy (non-hydrogen) atoms. The number of rotatable bonds is 3. The van der Waals surface area contributed by atoms with Gasteiger partial charge in [0.2, 0.25) is 0 Å². The fraction of sp³-hybridized carbons (Fsp3) is 0.857. The zero-order valence-corrected chi connectivity index (χ0v) is 6.84. The molecular weight excluding hydrogens is 142 g/mol. The van der Waals surface area contributed by atoms with Gasteiger partial charge >= 0.3 is 6.03 Å². The third kappa shape index (κ3) is 2.08. The van der Waals surface area contributed by atoms with Gasteiger partial charge in [0.05, 0.1) is 0 Å². The molecule has 64 valence electrons. The van der Waals surface area contributed by atoms with Crippen molar-refractivity contribution in [3.63, 3.8) is 0 Å². The van der Waals surface area contributed by atoms with Crippen LogP contribution in [0, 0.1) is 5.92 Å². The Labute approximate surface area is 66.7 Å². The van der Waals surface area contributed by atoms with Crippen LogP contribution in [0.15, 0.2) is 0 Å². The van der Waals surface area contributed by atoms with E-state index < -0.39 is 0 Å². The SMILES string of the molecule is CC(CN)CN1CCNC1=O. The third-order valence-corrected chi connectivity index (χ3v) is 1.88. The van der Waals surface area contributed by atoms with Gasteiger partial charge in [-0.2, -0.15) is 0 Å². The maximum absolute atomic E-state index is 11.0. The quantitative estimate of drug-likeness (QED) is 0.586. The second-order valence-corrected chi connectivity index (χ2v) is 3.02. The van der Waals surface area contributed by atoms with Crippen molar-refractivity contribution < 1.29 is 4.79 Å². The van der Waals surface area contributed by atoms with E-state index in [1.165, 1.54) is 0 Å². The van der Waals surface area contributed by atoms with Crippen molar-refractivity contribution in [1.29, 1.82) is 0 Å². The first-order valence-corrected chi connectivity index (χ1v) is 3.97. The number of carbonyl (C=O) groups is 1. The van der Waals surface area contributed by atoms with E-state index in [-0.39, 0.29) is 6.03 Å². The molecular formula is C7H15N3O. The van der Waals surface area contributed by atoms with Crippen molar-refractivity contribution in [3.8, 4) is 0 Å². The standard InChI is InChI=1S/C7H15N3O/c1-6(4-8)5-10-3-2-9-7(10)11/h6H,2-5,8H2,1H3,(H,9,11). The van der Waals surface area contributed by atoms with Crippen LogP contribution in [0.25, 0.3) is 0 Å². The van der Waals surface area contributed by atoms with Crippen LogP contribution in [0.3, 0.4) is 0 Å². The highest BCUT2D eigenvalue weighted by Gasteiger charge is 2.20. The molecule has 1 unspecified atom stereocenters. The summed E-state index contributed by atoms with van der Waals surface area (Å²) < 4.78 is 0. The maximum atomic E-state index is 11.0. The van der Waals surface area contributed by atoms with Gasteiger partial charge in [0.25, 0.3) is 0 Å². The molecule has 4 nitrogen and oxygen atoms in total. The van der Waals surface area contributed by atoms with E-state index in [1.807, 2.05) is 6.92 Å². The molecule has 0 aromatic rings. The lowest BCUT2D eigenvalue weighted by Crippen LogP contribution is -2.34. The van der Waals surface area contributed by atoms with Gasteiger partial charge < -0.3 is 16.0 Å². The highest BCUT2D eigenvalue weighted by atomic mass is 16.2. The van der Waals surface area contributed by atoms with Crippen LogP contribution >= 0.6 is 0 Å². The van der Waals surface area contributed by atoms with Gasteiger partial charge in [0, 0.05) is 19.6 Å². The zero-order chi connectivity index (χ0) is 8.27. The minimum absolute atomic E-state index is 0.0466. The number of amides is 2. The molecule has 1 saturated heterocycles. The molecule has 0 radical (unpaired) electrons. The summed E-state index contributed by atoms with van der Waals surface area (Å²) in [5.74, 6) is 0.402. The van der Waals surface area contributed by atoms with Crippen LogP contribution in [0.4, 0.5) is 4.79 Å². The number of hydrogen-bond acceptors (Lipinski definition) is 2. The van der Waals surface area contributed by atoms with Gasteiger partial charge in [-0.1, -0.05) is 6.92 Å². The van der Waals surface area contributed by atoms with E-state index in [1.54, 1.807) is 4.90 Å². The van der Waals surface area contributed by atoms with Gasteiger partial charge in [0.15, 0.2) is 0 Å². The Balaban J connectivity index is 2.30. The summed E-state index contributed by atoms with van der Waals surface area (Å²) in [5, 5.41) is 2.75. The number of carbonyl (C=O) groups excluding carboxylic acids is 1. The molecule has 1 fully saturated rings. The fourth-order valence-electron chi connectivity index (χ4n) is 1.14. The minimum atomic E-state index is 0.0466. The second-order valence-electron chi connectivity index (χ2n) is 3.02. The van der Waals surface area contributed by atoms with E-state index in [9.17, 15) is 4.79 Å². The molecule has 4 heteroatoms. The fourth-order valence-corrected chi connectivity index (χ4v) is 1.14. The van der Waals surface area contributed by atoms with Crippen LogP contribution in [-0.2, 0) is 0 Å². The monoisotopic (exact) mass is 157 g/mol. The second kappa shape index (κ2) is 3.57. The third-order valence-electron chi connectivity index (χ3n) is 1.88. The number of urea groups is 1. The summed E-state index contributed by atoms with van der Waals surface area (Å²) in [6, 6.07) is 0.0466. The Morgan fingerprint density at radius 3 is 3.00 bits per heavy atom. The zero-order valence-electron chi connectivity index (χ0n) is 6.84. The Morgan fingerprint density at radius 2 is 2.55 bits per heavy atom. The molecule has 1 aliphatic heterocycles. The lowest BCUT2D eigenvalue weighted by Gasteiger charge is -2.17. The van der Waals surface area contributed by atoms with Crippen LogP contribution in [-0.4, -0.2) is 37.1 Å². The molecule has 1 heterocycles. The lowest BCUT2D eigenvalue weighted by molar-refractivity contribution is 0.211. The largest absolute Gasteiger partial charge is 0.336 e. The average molecular weight is 157 g/mol. The minimum Gasteiger partial charge on any atom is -0.336 e. The molecule has 1 atom stereocenters. The van der Waals surface area contributed by atoms with Crippen LogP contribution in [0.5, 0.6) is 0 Å². The van der Waals surface area contributed by atoms with Crippen molar-refractivity contribution in [3.05, 3.63) is 0 Å². The van der Waals surface area contributed by atoms with Gasteiger partial charge in [0.1, 0.15) is 0 Å². The summed E-state index contributed by atoms with van der Waals surface area (Å²) in [7, 11) is 0. The Bertz CT molecular complexity index is 149. The van der Waals surface area contributed by atoms with Crippen LogP contribution < -0.4 is 11.1 Å². The molecule has 1 rings (SSSR count). The predicted molar refractivity (Wildman–Crippen MR) is 43.2 cm³/mol. The first-order valence-electron chi connectivity index (χ1n) is 3.97. The Hall–Kier alpha value is -0.770. The van der Waals surface area contributed by atoms with E-state index in [4.69, 9.17) is 5.73 Å². The molecule has 0 spiro atoms. The molecule has 0 bridgehead atoms. The Kier molecular flexibility index (Phi) is 2.70. The topological polar surface area (TPSA) is 58.4 Å². The number of nitrogens with two attached hydrogens (primary N) is 1. The predicted octanol–water partition coefficient (Wildman–Crippen LogP) is -0.394. The van der Waals surface area contributed by atoms with Crippen LogP contribution in [0.1, 0.15) is 6.92 Å². The molecule has 3 N–H and O–H groups in total. The molecule has 0 aromatic carbocycles. The van der Waals surface area contributed by atoms with E-state index in [2.05, 4.69) is 5.32 Å². The molecule has 0 saturated carbocycles. The van der Waals surface area contributed by atoms with Gasteiger partial charge in [-0.05, 0) is 12.5 Å². The number of nitrogens with one attached hydrogen (secondary N) is 1. The normalized spacial score (nSPS) is 20.2. The van der Waals surface area contributed by atoms with Crippen molar-refractivity contribution in [1.82, 2.24) is 10.2 Å². The molecule has 0 aliphatic carbocycles. The maximum Gasteiger partial charge on any atom is 0.317 e. The van der Waals surface area contributed by atoms with Crippen molar-refractivity contribution >= 4 is 6.03 Å². The number of hydrogen-bond donors (Lipinski definition) is 2. The van der Waals surface area contributed by atoms with Crippen molar-refractivity contribution in [2.24, 2.45) is 11.7 Å². The summed E-state index contributed by atoms with van der Waals surface area (Å²) in [6.45, 7) is 5.07. The summed E-state index contributed by atoms with van der Waals surface area (Å²) in [4.78, 5) is 12.8. The van der Waals surface area contributed by atoms with Gasteiger partial charge in [-0.25, -0.2) is 4.79 Å². The summed E-state index contributed by atoms with van der Waals surface area (Å²) >= 11 is 0. The molecule has 1 aliphatic rings. The Morgan fingerprint density at radius 1 is 1.82 bits per heavy atom. The lowest BCUT2D eigenvalue weighted by atomic mass is 10.2. The van der Waals surface area contributed by atoms with E-state index in [0.717, 1.165) is 19.6 Å². The van der Waals surface area contributed by atoms with Crippen molar-refractivity contribution in [2.75, 3.05) is 26.2 Å². The summed E-state index contributed by atoms with van der Waals surface area (Å²) in [6.07, 6.45) is 0. The summed E-state index contributed by atoms with van der Waals surface area (Å²) in [5.41, 5.74) is 5.44. The van der Waals surface area contributed by atoms with E-state index >= 15 is 0 Å². The van der Waals surface area contributed by atoms with Crippen LogP contribution in [0.2, 0.25) is 0 Å². The van der Waals surface area contributed by atoms with E-state index in [0.29, 0.717) is 12.5 Å². The number of nitrogens with zero attached hydrogens (tertiary/aromatic N) is 1. The first kappa shape index (κ1) is 8.33. The van der Waals surface area contributed by atoms with Gasteiger partial charge in [-0.15, -0.1) is 0 Å². The average Bonchev–Trinajstić information content (AvgIpc) is 2.37. The van der Waals surface area contributed by atoms with Crippen molar-refractivity contribution in [2.45, 2.75) is 6.92 Å². The highest BCUT2D eigenvalue weighted by molar-refractivity contribution is 5.76. The van der Waals surface area contributed by atoms with Gasteiger partial charge in [-0.3, -0.25) is 0 Å².